The lowest BCUT2D eigenvalue weighted by atomic mass is 10.1. The number of aryl methyl sites for hydroxylation is 1. The normalized spacial score (nSPS) is 30.2. The van der Waals surface area contributed by atoms with Crippen molar-refractivity contribution < 1.29 is 19.4 Å². The molecular weight excluding hydrogens is 288 g/mol. The topological polar surface area (TPSA) is 96.8 Å². The number of aromatic nitrogens is 2. The van der Waals surface area contributed by atoms with Crippen molar-refractivity contribution in [3.63, 3.8) is 0 Å². The van der Waals surface area contributed by atoms with Gasteiger partial charge in [0.05, 0.1) is 30.5 Å². The Morgan fingerprint density at radius 3 is 2.77 bits per heavy atom. The Kier molecular flexibility index (Phi) is 3.98. The zero-order valence-corrected chi connectivity index (χ0v) is 12.8. The van der Waals surface area contributed by atoms with Crippen molar-refractivity contribution in [1.29, 1.82) is 0 Å². The van der Waals surface area contributed by atoms with Crippen LogP contribution in [-0.2, 0) is 9.47 Å². The van der Waals surface area contributed by atoms with Crippen LogP contribution >= 0.6 is 0 Å². The zero-order valence-electron chi connectivity index (χ0n) is 12.8. The molecule has 0 aromatic carbocycles. The van der Waals surface area contributed by atoms with E-state index in [9.17, 15) is 9.90 Å². The number of aliphatic hydroxyl groups excluding tert-OH is 1. The van der Waals surface area contributed by atoms with Gasteiger partial charge in [0.25, 0.3) is 5.91 Å². The first-order chi connectivity index (χ1) is 10.5. The van der Waals surface area contributed by atoms with Crippen LogP contribution in [0, 0.1) is 6.92 Å². The van der Waals surface area contributed by atoms with Crippen LogP contribution in [-0.4, -0.2) is 72.6 Å². The van der Waals surface area contributed by atoms with Crippen molar-refractivity contribution in [2.45, 2.75) is 31.3 Å². The lowest BCUT2D eigenvalue weighted by molar-refractivity contribution is 0.0178. The van der Waals surface area contributed by atoms with Gasteiger partial charge in [0.15, 0.2) is 0 Å². The summed E-state index contributed by atoms with van der Waals surface area (Å²) in [5, 5.41) is 12.6. The molecule has 120 valence electrons. The van der Waals surface area contributed by atoms with E-state index in [2.05, 4.69) is 15.3 Å². The number of ether oxygens (including phenoxy) is 2. The summed E-state index contributed by atoms with van der Waals surface area (Å²) in [5.74, 6) is 0.294. The fraction of sp³-hybridized carbons (Fsp3) is 0.643. The summed E-state index contributed by atoms with van der Waals surface area (Å²) in [6, 6.07) is -0.275. The molecule has 8 heteroatoms. The molecule has 4 atom stereocenters. The molecule has 2 fully saturated rings. The minimum atomic E-state index is -0.628. The van der Waals surface area contributed by atoms with E-state index in [1.165, 1.54) is 6.20 Å². The molecule has 3 rings (SSSR count). The van der Waals surface area contributed by atoms with E-state index in [0.29, 0.717) is 23.8 Å². The molecule has 0 saturated carbocycles. The second kappa shape index (κ2) is 5.79. The van der Waals surface area contributed by atoms with Crippen LogP contribution in [0.5, 0.6) is 0 Å². The standard InChI is InChI=1S/C14H20N4O4/c1-7-8(4-15-14(16-7)18(2)3)13(20)17-9-5-21-12-10(19)6-22-11(9)12/h4,9-12,19H,5-6H2,1-3H3,(H,17,20)/t9-,10+,11+,12+/m0/s1. The van der Waals surface area contributed by atoms with Crippen LogP contribution in [0.3, 0.4) is 0 Å². The van der Waals surface area contributed by atoms with Gasteiger partial charge in [0, 0.05) is 20.3 Å². The lowest BCUT2D eigenvalue weighted by Crippen LogP contribution is -2.44. The third-order valence-electron chi connectivity index (χ3n) is 3.96. The Labute approximate surface area is 128 Å². The molecule has 0 radical (unpaired) electrons. The Bertz CT molecular complexity index is 580. The van der Waals surface area contributed by atoms with Crippen LogP contribution in [0.25, 0.3) is 0 Å². The molecule has 22 heavy (non-hydrogen) atoms. The SMILES string of the molecule is Cc1nc(N(C)C)ncc1C(=O)N[C@H]1CO[C@H]2[C@@H]1OC[C@H]2O. The smallest absolute Gasteiger partial charge is 0.255 e. The monoisotopic (exact) mass is 308 g/mol. The van der Waals surface area contributed by atoms with Gasteiger partial charge >= 0.3 is 0 Å². The summed E-state index contributed by atoms with van der Waals surface area (Å²) in [6.45, 7) is 2.34. The minimum Gasteiger partial charge on any atom is -0.388 e. The van der Waals surface area contributed by atoms with E-state index in [-0.39, 0.29) is 30.8 Å². The Balaban J connectivity index is 1.70. The average Bonchev–Trinajstić information content (AvgIpc) is 3.03. The van der Waals surface area contributed by atoms with E-state index >= 15 is 0 Å². The second-order valence-electron chi connectivity index (χ2n) is 5.81. The first kappa shape index (κ1) is 15.1. The van der Waals surface area contributed by atoms with E-state index in [4.69, 9.17) is 9.47 Å². The fourth-order valence-electron chi connectivity index (χ4n) is 2.74. The molecular formula is C14H20N4O4. The van der Waals surface area contributed by atoms with E-state index in [1.807, 2.05) is 14.1 Å². The highest BCUT2D eigenvalue weighted by Crippen LogP contribution is 2.27. The lowest BCUT2D eigenvalue weighted by Gasteiger charge is -2.18. The van der Waals surface area contributed by atoms with E-state index < -0.39 is 6.10 Å². The Morgan fingerprint density at radius 2 is 2.09 bits per heavy atom. The Morgan fingerprint density at radius 1 is 1.36 bits per heavy atom. The van der Waals surface area contributed by atoms with Gasteiger partial charge in [-0.3, -0.25) is 4.79 Å². The molecule has 3 heterocycles. The van der Waals surface area contributed by atoms with Gasteiger partial charge in [-0.2, -0.15) is 0 Å². The molecule has 8 nitrogen and oxygen atoms in total. The molecule has 2 aliphatic heterocycles. The number of aliphatic hydroxyl groups is 1. The van der Waals surface area contributed by atoms with Gasteiger partial charge in [0.2, 0.25) is 5.95 Å². The average molecular weight is 308 g/mol. The van der Waals surface area contributed by atoms with Gasteiger partial charge in [-0.05, 0) is 6.92 Å². The molecule has 0 bridgehead atoms. The van der Waals surface area contributed by atoms with E-state index in [1.54, 1.807) is 11.8 Å². The number of rotatable bonds is 3. The fourth-order valence-corrected chi connectivity index (χ4v) is 2.74. The molecule has 0 unspecified atom stereocenters. The predicted molar refractivity (Wildman–Crippen MR) is 77.8 cm³/mol. The molecule has 2 saturated heterocycles. The number of hydrogen-bond acceptors (Lipinski definition) is 7. The number of nitrogens with one attached hydrogen (secondary N) is 1. The van der Waals surface area contributed by atoms with E-state index in [0.717, 1.165) is 0 Å². The predicted octanol–water partition coefficient (Wildman–Crippen LogP) is -0.892. The number of fused-ring (bicyclic) bond motifs is 1. The molecule has 0 spiro atoms. The first-order valence-electron chi connectivity index (χ1n) is 7.20. The number of hydrogen-bond donors (Lipinski definition) is 2. The van der Waals surface area contributed by atoms with Crippen molar-refractivity contribution >= 4 is 11.9 Å². The van der Waals surface area contributed by atoms with Gasteiger partial charge in [-0.25, -0.2) is 9.97 Å². The summed E-state index contributed by atoms with van der Waals surface area (Å²) in [6.07, 6.45) is 0.223. The number of carbonyl (C=O) groups is 1. The largest absolute Gasteiger partial charge is 0.388 e. The molecule has 1 aromatic heterocycles. The third-order valence-corrected chi connectivity index (χ3v) is 3.96. The molecule has 2 N–H and O–H groups in total. The molecule has 2 aliphatic rings. The number of amides is 1. The third kappa shape index (κ3) is 2.65. The van der Waals surface area contributed by atoms with Crippen LogP contribution < -0.4 is 10.2 Å². The summed E-state index contributed by atoms with van der Waals surface area (Å²) in [7, 11) is 3.68. The second-order valence-corrected chi connectivity index (χ2v) is 5.81. The van der Waals surface area contributed by atoms with Crippen LogP contribution in [0.2, 0.25) is 0 Å². The van der Waals surface area contributed by atoms with Crippen molar-refractivity contribution in [2.24, 2.45) is 0 Å². The van der Waals surface area contributed by atoms with Gasteiger partial charge in [-0.15, -0.1) is 0 Å². The number of carbonyl (C=O) groups excluding carboxylic acids is 1. The number of anilines is 1. The molecule has 1 aromatic rings. The Hall–Kier alpha value is -1.77. The van der Waals surface area contributed by atoms with Gasteiger partial charge in [-0.1, -0.05) is 0 Å². The van der Waals surface area contributed by atoms with Crippen LogP contribution in [0.1, 0.15) is 16.1 Å². The summed E-state index contributed by atoms with van der Waals surface area (Å²) in [4.78, 5) is 22.6. The van der Waals surface area contributed by atoms with Crippen LogP contribution in [0.15, 0.2) is 6.20 Å². The maximum Gasteiger partial charge on any atom is 0.255 e. The summed E-state index contributed by atoms with van der Waals surface area (Å²) >= 11 is 0. The summed E-state index contributed by atoms with van der Waals surface area (Å²) in [5.41, 5.74) is 1.03. The highest BCUT2D eigenvalue weighted by molar-refractivity contribution is 5.95. The summed E-state index contributed by atoms with van der Waals surface area (Å²) < 4.78 is 11.0. The maximum atomic E-state index is 12.4. The van der Waals surface area contributed by atoms with Crippen molar-refractivity contribution in [1.82, 2.24) is 15.3 Å². The maximum absolute atomic E-state index is 12.4. The van der Waals surface area contributed by atoms with Gasteiger partial charge < -0.3 is 24.8 Å². The van der Waals surface area contributed by atoms with Gasteiger partial charge in [0.1, 0.15) is 18.3 Å². The van der Waals surface area contributed by atoms with Crippen LogP contribution in [0.4, 0.5) is 5.95 Å². The first-order valence-corrected chi connectivity index (χ1v) is 7.20. The quantitative estimate of drug-likeness (QED) is 0.747. The molecule has 0 aliphatic carbocycles. The number of nitrogens with zero attached hydrogens (tertiary/aromatic N) is 3. The van der Waals surface area contributed by atoms with Crippen molar-refractivity contribution in [2.75, 3.05) is 32.2 Å². The zero-order chi connectivity index (χ0) is 15.9. The highest BCUT2D eigenvalue weighted by atomic mass is 16.6. The minimum absolute atomic E-state index is 0.237. The molecule has 1 amide bonds. The van der Waals surface area contributed by atoms with Crippen molar-refractivity contribution in [3.8, 4) is 0 Å². The van der Waals surface area contributed by atoms with Crippen molar-refractivity contribution in [3.05, 3.63) is 17.5 Å². The highest BCUT2D eigenvalue weighted by Gasteiger charge is 2.47.